The maximum Gasteiger partial charge on any atom is 0.335 e. The zero-order valence-corrected chi connectivity index (χ0v) is 10.1. The Kier molecular flexibility index (Phi) is 3.04. The van der Waals surface area contributed by atoms with Gasteiger partial charge in [-0.15, -0.1) is 0 Å². The molecular formula is C12H14O6. The van der Waals surface area contributed by atoms with Crippen molar-refractivity contribution < 1.29 is 29.2 Å². The second-order valence-electron chi connectivity index (χ2n) is 4.27. The molecule has 98 valence electrons. The molecule has 0 saturated carbocycles. The number of hydrogen-bond acceptors (Lipinski definition) is 5. The third-order valence-corrected chi connectivity index (χ3v) is 2.77. The van der Waals surface area contributed by atoms with E-state index in [4.69, 9.17) is 19.3 Å². The predicted molar refractivity (Wildman–Crippen MR) is 61.1 cm³/mol. The molecule has 1 unspecified atom stereocenters. The molecule has 0 fully saturated rings. The molecule has 1 atom stereocenters. The molecule has 2 rings (SSSR count). The van der Waals surface area contributed by atoms with E-state index in [1.807, 2.05) is 0 Å². The molecule has 0 aliphatic carbocycles. The van der Waals surface area contributed by atoms with Gasteiger partial charge in [-0.25, -0.2) is 4.79 Å². The van der Waals surface area contributed by atoms with Crippen LogP contribution in [0, 0.1) is 0 Å². The lowest BCUT2D eigenvalue weighted by Gasteiger charge is -2.19. The van der Waals surface area contributed by atoms with Crippen molar-refractivity contribution in [3.8, 4) is 17.2 Å². The summed E-state index contributed by atoms with van der Waals surface area (Å²) in [5, 5.41) is 18.7. The SMILES string of the molecule is COc1cc2c(cc1CC(C)(O)C(=O)O)OCO2. The Bertz CT molecular complexity index is 480. The number of benzene rings is 1. The number of aliphatic hydroxyl groups is 1. The Morgan fingerprint density at radius 1 is 1.44 bits per heavy atom. The molecule has 0 spiro atoms. The van der Waals surface area contributed by atoms with Gasteiger partial charge in [0.25, 0.3) is 0 Å². The molecule has 18 heavy (non-hydrogen) atoms. The van der Waals surface area contributed by atoms with Crippen LogP contribution in [0.1, 0.15) is 12.5 Å². The highest BCUT2D eigenvalue weighted by Crippen LogP contribution is 2.39. The Labute approximate surface area is 104 Å². The first kappa shape index (κ1) is 12.5. The normalized spacial score (nSPS) is 16.2. The third-order valence-electron chi connectivity index (χ3n) is 2.77. The molecule has 1 aromatic carbocycles. The molecule has 0 saturated heterocycles. The molecule has 1 aromatic rings. The minimum atomic E-state index is -1.86. The summed E-state index contributed by atoms with van der Waals surface area (Å²) in [6, 6.07) is 3.24. The van der Waals surface area contributed by atoms with Crippen LogP contribution in [0.2, 0.25) is 0 Å². The molecule has 2 N–H and O–H groups in total. The minimum Gasteiger partial charge on any atom is -0.496 e. The summed E-state index contributed by atoms with van der Waals surface area (Å²) in [5.41, 5.74) is -1.31. The van der Waals surface area contributed by atoms with Gasteiger partial charge in [0.1, 0.15) is 5.75 Å². The van der Waals surface area contributed by atoms with Crippen LogP contribution >= 0.6 is 0 Å². The number of carboxylic acid groups (broad SMARTS) is 1. The first-order valence-electron chi connectivity index (χ1n) is 5.36. The summed E-state index contributed by atoms with van der Waals surface area (Å²) in [5.74, 6) is 0.237. The lowest BCUT2D eigenvalue weighted by atomic mass is 9.96. The van der Waals surface area contributed by atoms with Crippen molar-refractivity contribution in [1.82, 2.24) is 0 Å². The Morgan fingerprint density at radius 3 is 2.61 bits per heavy atom. The van der Waals surface area contributed by atoms with Crippen LogP contribution in [-0.4, -0.2) is 35.7 Å². The average Bonchev–Trinajstić information content (AvgIpc) is 2.74. The van der Waals surface area contributed by atoms with Crippen molar-refractivity contribution in [2.75, 3.05) is 13.9 Å². The molecule has 6 heteroatoms. The van der Waals surface area contributed by atoms with Crippen LogP contribution in [0.15, 0.2) is 12.1 Å². The van der Waals surface area contributed by atoms with Crippen LogP contribution in [0.5, 0.6) is 17.2 Å². The van der Waals surface area contributed by atoms with Gasteiger partial charge < -0.3 is 24.4 Å². The standard InChI is InChI=1S/C12H14O6/c1-12(15,11(13)14)5-7-3-9-10(18-6-17-9)4-8(7)16-2/h3-4,15H,5-6H2,1-2H3,(H,13,14). The van der Waals surface area contributed by atoms with Crippen molar-refractivity contribution >= 4 is 5.97 Å². The number of hydrogen-bond donors (Lipinski definition) is 2. The fourth-order valence-electron chi connectivity index (χ4n) is 1.74. The Morgan fingerprint density at radius 2 is 2.06 bits per heavy atom. The van der Waals surface area contributed by atoms with Gasteiger partial charge in [0.15, 0.2) is 17.1 Å². The van der Waals surface area contributed by atoms with Crippen molar-refractivity contribution in [2.24, 2.45) is 0 Å². The summed E-state index contributed by atoms with van der Waals surface area (Å²) in [6.45, 7) is 1.36. The number of fused-ring (bicyclic) bond motifs is 1. The molecule has 0 bridgehead atoms. The number of ether oxygens (including phenoxy) is 3. The number of carbonyl (C=O) groups is 1. The molecule has 1 aliphatic rings. The van der Waals surface area contributed by atoms with Crippen molar-refractivity contribution in [1.29, 1.82) is 0 Å². The second kappa shape index (κ2) is 4.38. The van der Waals surface area contributed by atoms with Gasteiger partial charge in [0.05, 0.1) is 7.11 Å². The Hall–Kier alpha value is -1.95. The molecule has 0 aromatic heterocycles. The van der Waals surface area contributed by atoms with Gasteiger partial charge in [-0.2, -0.15) is 0 Å². The summed E-state index contributed by atoms with van der Waals surface area (Å²) < 4.78 is 15.6. The van der Waals surface area contributed by atoms with Gasteiger partial charge in [-0.3, -0.25) is 0 Å². The lowest BCUT2D eigenvalue weighted by Crippen LogP contribution is -2.37. The molecular weight excluding hydrogens is 240 g/mol. The number of aliphatic carboxylic acids is 1. The monoisotopic (exact) mass is 254 g/mol. The zero-order chi connectivity index (χ0) is 13.3. The Balaban J connectivity index is 2.35. The highest BCUT2D eigenvalue weighted by molar-refractivity contribution is 5.77. The molecule has 1 heterocycles. The molecule has 0 amide bonds. The summed E-state index contributed by atoms with van der Waals surface area (Å²) in [6.07, 6.45) is -0.0812. The summed E-state index contributed by atoms with van der Waals surface area (Å²) in [4.78, 5) is 10.9. The van der Waals surface area contributed by atoms with Crippen LogP contribution in [0.4, 0.5) is 0 Å². The fourth-order valence-corrected chi connectivity index (χ4v) is 1.74. The maximum atomic E-state index is 10.9. The van der Waals surface area contributed by atoms with Crippen LogP contribution < -0.4 is 14.2 Å². The van der Waals surface area contributed by atoms with Gasteiger partial charge in [-0.05, 0) is 13.0 Å². The smallest absolute Gasteiger partial charge is 0.335 e. The molecule has 1 aliphatic heterocycles. The third kappa shape index (κ3) is 2.19. The highest BCUT2D eigenvalue weighted by atomic mass is 16.7. The van der Waals surface area contributed by atoms with E-state index in [1.165, 1.54) is 14.0 Å². The average molecular weight is 254 g/mol. The second-order valence-corrected chi connectivity index (χ2v) is 4.27. The lowest BCUT2D eigenvalue weighted by molar-refractivity contribution is -0.156. The van der Waals surface area contributed by atoms with E-state index in [0.717, 1.165) is 0 Å². The molecule has 0 radical (unpaired) electrons. The summed E-state index contributed by atoms with van der Waals surface area (Å²) >= 11 is 0. The van der Waals surface area contributed by atoms with Crippen molar-refractivity contribution in [3.05, 3.63) is 17.7 Å². The van der Waals surface area contributed by atoms with E-state index in [9.17, 15) is 9.90 Å². The molecule has 6 nitrogen and oxygen atoms in total. The van der Waals surface area contributed by atoms with E-state index in [0.29, 0.717) is 22.8 Å². The van der Waals surface area contributed by atoms with Crippen molar-refractivity contribution in [3.63, 3.8) is 0 Å². The first-order valence-corrected chi connectivity index (χ1v) is 5.36. The van der Waals surface area contributed by atoms with Gasteiger partial charge >= 0.3 is 5.97 Å². The number of methoxy groups -OCH3 is 1. The largest absolute Gasteiger partial charge is 0.496 e. The summed E-state index contributed by atoms with van der Waals surface area (Å²) in [7, 11) is 1.47. The van der Waals surface area contributed by atoms with Gasteiger partial charge in [0, 0.05) is 18.1 Å². The van der Waals surface area contributed by atoms with Gasteiger partial charge in [-0.1, -0.05) is 0 Å². The van der Waals surface area contributed by atoms with E-state index < -0.39 is 11.6 Å². The van der Waals surface area contributed by atoms with E-state index in [2.05, 4.69) is 0 Å². The quantitative estimate of drug-likeness (QED) is 0.826. The predicted octanol–water partition coefficient (Wildman–Crippen LogP) is 0.802. The first-order chi connectivity index (χ1) is 8.44. The highest BCUT2D eigenvalue weighted by Gasteiger charge is 2.32. The minimum absolute atomic E-state index is 0.0812. The van der Waals surface area contributed by atoms with Gasteiger partial charge in [0.2, 0.25) is 6.79 Å². The van der Waals surface area contributed by atoms with E-state index in [1.54, 1.807) is 12.1 Å². The number of rotatable bonds is 4. The topological polar surface area (TPSA) is 85.2 Å². The van der Waals surface area contributed by atoms with Crippen LogP contribution in [-0.2, 0) is 11.2 Å². The van der Waals surface area contributed by atoms with Crippen LogP contribution in [0.3, 0.4) is 0 Å². The fraction of sp³-hybridized carbons (Fsp3) is 0.417. The van der Waals surface area contributed by atoms with Crippen LogP contribution in [0.25, 0.3) is 0 Å². The van der Waals surface area contributed by atoms with E-state index >= 15 is 0 Å². The van der Waals surface area contributed by atoms with Crippen molar-refractivity contribution in [2.45, 2.75) is 18.9 Å². The number of carboxylic acids is 1. The zero-order valence-electron chi connectivity index (χ0n) is 10.1. The maximum absolute atomic E-state index is 10.9. The van der Waals surface area contributed by atoms with E-state index in [-0.39, 0.29) is 13.2 Å².